The van der Waals surface area contributed by atoms with Crippen LogP contribution in [0.25, 0.3) is 0 Å². The molecule has 4 nitrogen and oxygen atoms in total. The van der Waals surface area contributed by atoms with Crippen molar-refractivity contribution in [1.29, 1.82) is 0 Å². The summed E-state index contributed by atoms with van der Waals surface area (Å²) in [6, 6.07) is 16.9. The number of hydrogen-bond donors (Lipinski definition) is 0. The molecule has 0 N–H and O–H groups in total. The molecular weight excluding hydrogens is 344 g/mol. The molecule has 6 heteroatoms. The smallest absolute Gasteiger partial charge is 0.243 e. The van der Waals surface area contributed by atoms with Gasteiger partial charge in [0.15, 0.2) is 0 Å². The largest absolute Gasteiger partial charge is 0.294 e. The van der Waals surface area contributed by atoms with E-state index in [1.807, 2.05) is 30.3 Å². The molecular formula is C18H19ClN2O2S. The van der Waals surface area contributed by atoms with Gasteiger partial charge in [0, 0.05) is 43.2 Å². The molecule has 2 unspecified atom stereocenters. The number of nitrogens with zero attached hydrogens (tertiary/aromatic N) is 2. The molecule has 126 valence electrons. The first-order chi connectivity index (χ1) is 11.5. The van der Waals surface area contributed by atoms with Gasteiger partial charge in [0.25, 0.3) is 0 Å². The van der Waals surface area contributed by atoms with Crippen molar-refractivity contribution >= 4 is 21.6 Å². The summed E-state index contributed by atoms with van der Waals surface area (Å²) < 4.78 is 27.1. The van der Waals surface area contributed by atoms with Crippen LogP contribution in [0.1, 0.15) is 5.56 Å². The maximum Gasteiger partial charge on any atom is 0.243 e. The van der Waals surface area contributed by atoms with Gasteiger partial charge in [-0.3, -0.25) is 4.90 Å². The monoisotopic (exact) mass is 362 g/mol. The minimum atomic E-state index is -3.38. The van der Waals surface area contributed by atoms with E-state index in [0.29, 0.717) is 29.9 Å². The van der Waals surface area contributed by atoms with Crippen LogP contribution in [0.2, 0.25) is 5.02 Å². The van der Waals surface area contributed by atoms with Gasteiger partial charge in [-0.25, -0.2) is 8.42 Å². The van der Waals surface area contributed by atoms with Gasteiger partial charge in [0.05, 0.1) is 4.90 Å². The Bertz CT molecular complexity index is 824. The zero-order valence-electron chi connectivity index (χ0n) is 13.2. The van der Waals surface area contributed by atoms with Crippen LogP contribution in [0, 0.1) is 5.92 Å². The van der Waals surface area contributed by atoms with Gasteiger partial charge in [-0.1, -0.05) is 41.9 Å². The minimum absolute atomic E-state index is 0.319. The molecule has 0 amide bonds. The summed E-state index contributed by atoms with van der Waals surface area (Å²) in [5.41, 5.74) is 1.21. The third-order valence-electron chi connectivity index (χ3n) is 4.99. The highest BCUT2D eigenvalue weighted by molar-refractivity contribution is 7.89. The Morgan fingerprint density at radius 2 is 1.67 bits per heavy atom. The summed E-state index contributed by atoms with van der Waals surface area (Å²) >= 11 is 5.93. The van der Waals surface area contributed by atoms with Gasteiger partial charge in [-0.05, 0) is 29.8 Å². The van der Waals surface area contributed by atoms with Crippen molar-refractivity contribution in [3.8, 4) is 0 Å². The molecule has 2 atom stereocenters. The van der Waals surface area contributed by atoms with Crippen LogP contribution < -0.4 is 0 Å². The average molecular weight is 363 g/mol. The number of fused-ring (bicyclic) bond motifs is 1. The van der Waals surface area contributed by atoms with Gasteiger partial charge in [-0.2, -0.15) is 4.31 Å². The number of halogens is 1. The lowest BCUT2D eigenvalue weighted by Crippen LogP contribution is -2.54. The lowest BCUT2D eigenvalue weighted by Gasteiger charge is -2.43. The molecule has 0 saturated carbocycles. The number of hydrogen-bond acceptors (Lipinski definition) is 3. The quantitative estimate of drug-likeness (QED) is 0.839. The zero-order valence-corrected chi connectivity index (χ0v) is 14.7. The molecule has 2 aromatic carbocycles. The van der Waals surface area contributed by atoms with E-state index >= 15 is 0 Å². The summed E-state index contributed by atoms with van der Waals surface area (Å²) in [7, 11) is -3.38. The Morgan fingerprint density at radius 3 is 2.38 bits per heavy atom. The van der Waals surface area contributed by atoms with E-state index in [-0.39, 0.29) is 0 Å². The third kappa shape index (κ3) is 2.86. The summed E-state index contributed by atoms with van der Waals surface area (Å²) in [6.45, 7) is 3.00. The second-order valence-electron chi connectivity index (χ2n) is 6.52. The molecule has 2 heterocycles. The summed E-state index contributed by atoms with van der Waals surface area (Å²) in [5, 5.41) is 0.737. The fourth-order valence-corrected chi connectivity index (χ4v) is 5.31. The first-order valence-corrected chi connectivity index (χ1v) is 9.89. The van der Waals surface area contributed by atoms with Crippen molar-refractivity contribution < 1.29 is 8.42 Å². The Balaban J connectivity index is 1.44. The molecule has 2 fully saturated rings. The first kappa shape index (κ1) is 16.1. The lowest BCUT2D eigenvalue weighted by molar-refractivity contribution is 0.0435. The van der Waals surface area contributed by atoms with Crippen LogP contribution >= 0.6 is 11.6 Å². The SMILES string of the molecule is O=S(=O)(c1ccccc1)N1CC2CN(Cc3ccc(Cl)cc3)C2C1. The van der Waals surface area contributed by atoms with Crippen molar-refractivity contribution in [2.24, 2.45) is 5.92 Å². The summed E-state index contributed by atoms with van der Waals surface area (Å²) in [6.07, 6.45) is 0. The second kappa shape index (κ2) is 6.15. The van der Waals surface area contributed by atoms with E-state index in [1.165, 1.54) is 5.56 Å². The molecule has 2 aliphatic rings. The van der Waals surface area contributed by atoms with Gasteiger partial charge in [-0.15, -0.1) is 0 Å². The van der Waals surface area contributed by atoms with Crippen LogP contribution in [0.3, 0.4) is 0 Å². The van der Waals surface area contributed by atoms with Gasteiger partial charge >= 0.3 is 0 Å². The highest BCUT2D eigenvalue weighted by Gasteiger charge is 2.48. The summed E-state index contributed by atoms with van der Waals surface area (Å²) in [5.74, 6) is 0.441. The topological polar surface area (TPSA) is 40.6 Å². The Hall–Kier alpha value is -1.40. The van der Waals surface area contributed by atoms with Crippen molar-refractivity contribution in [3.63, 3.8) is 0 Å². The fraction of sp³-hybridized carbons (Fsp3) is 0.333. The molecule has 0 radical (unpaired) electrons. The van der Waals surface area contributed by atoms with E-state index in [2.05, 4.69) is 4.90 Å². The van der Waals surface area contributed by atoms with E-state index in [0.717, 1.165) is 18.1 Å². The Kier molecular flexibility index (Phi) is 4.12. The predicted molar refractivity (Wildman–Crippen MR) is 94.3 cm³/mol. The van der Waals surface area contributed by atoms with E-state index < -0.39 is 10.0 Å². The van der Waals surface area contributed by atoms with E-state index in [4.69, 9.17) is 11.6 Å². The first-order valence-electron chi connectivity index (χ1n) is 8.08. The van der Waals surface area contributed by atoms with Crippen molar-refractivity contribution in [3.05, 3.63) is 65.2 Å². The number of rotatable bonds is 4. The standard InChI is InChI=1S/C18H19ClN2O2S/c19-16-8-6-14(7-9-16)10-20-11-15-12-21(13-18(15)20)24(22,23)17-4-2-1-3-5-17/h1-9,15,18H,10-13H2. The fourth-order valence-electron chi connectivity index (χ4n) is 3.65. The molecule has 2 saturated heterocycles. The second-order valence-corrected chi connectivity index (χ2v) is 8.89. The minimum Gasteiger partial charge on any atom is -0.294 e. The van der Waals surface area contributed by atoms with Crippen LogP contribution in [0.4, 0.5) is 0 Å². The molecule has 0 spiro atoms. The van der Waals surface area contributed by atoms with Crippen LogP contribution in [-0.4, -0.2) is 43.3 Å². The van der Waals surface area contributed by atoms with Crippen LogP contribution in [0.5, 0.6) is 0 Å². The number of sulfonamides is 1. The zero-order chi connectivity index (χ0) is 16.7. The predicted octanol–water partition coefficient (Wildman–Crippen LogP) is 2.84. The molecule has 2 aliphatic heterocycles. The van der Waals surface area contributed by atoms with Crippen LogP contribution in [0.15, 0.2) is 59.5 Å². The number of benzene rings is 2. The molecule has 24 heavy (non-hydrogen) atoms. The van der Waals surface area contributed by atoms with Crippen LogP contribution in [-0.2, 0) is 16.6 Å². The average Bonchev–Trinajstić information content (AvgIpc) is 2.93. The highest BCUT2D eigenvalue weighted by atomic mass is 35.5. The lowest BCUT2D eigenvalue weighted by atomic mass is 9.91. The molecule has 4 rings (SSSR count). The van der Waals surface area contributed by atoms with Gasteiger partial charge in [0.1, 0.15) is 0 Å². The van der Waals surface area contributed by atoms with Gasteiger partial charge < -0.3 is 0 Å². The van der Waals surface area contributed by atoms with Crippen molar-refractivity contribution in [2.75, 3.05) is 19.6 Å². The molecule has 0 bridgehead atoms. The normalized spacial score (nSPS) is 24.5. The van der Waals surface area contributed by atoms with E-state index in [1.54, 1.807) is 28.6 Å². The van der Waals surface area contributed by atoms with Crippen molar-refractivity contribution in [2.45, 2.75) is 17.5 Å². The van der Waals surface area contributed by atoms with Crippen molar-refractivity contribution in [1.82, 2.24) is 9.21 Å². The number of likely N-dealkylation sites (tertiary alicyclic amines) is 1. The third-order valence-corrected chi connectivity index (χ3v) is 7.09. The highest BCUT2D eigenvalue weighted by Crippen LogP contribution is 2.36. The maximum absolute atomic E-state index is 12.7. The van der Waals surface area contributed by atoms with Gasteiger partial charge in [0.2, 0.25) is 10.0 Å². The molecule has 0 aromatic heterocycles. The van der Waals surface area contributed by atoms with E-state index in [9.17, 15) is 8.42 Å². The summed E-state index contributed by atoms with van der Waals surface area (Å²) in [4.78, 5) is 2.74. The Morgan fingerprint density at radius 1 is 0.958 bits per heavy atom. The molecule has 0 aliphatic carbocycles. The molecule has 2 aromatic rings. The maximum atomic E-state index is 12.7. The Labute approximate surface area is 147 Å².